The molecule has 0 saturated carbocycles. The molecule has 1 unspecified atom stereocenters. The summed E-state index contributed by atoms with van der Waals surface area (Å²) in [7, 11) is 0. The first kappa shape index (κ1) is 19.5. The molecule has 1 aromatic carbocycles. The first-order valence-electron chi connectivity index (χ1n) is 9.52. The van der Waals surface area contributed by atoms with Crippen molar-refractivity contribution in [2.24, 2.45) is 5.73 Å². The van der Waals surface area contributed by atoms with Gasteiger partial charge in [0, 0.05) is 30.6 Å². The smallest absolute Gasteiger partial charge is 0.255 e. The summed E-state index contributed by atoms with van der Waals surface area (Å²) >= 11 is 0. The molecule has 1 saturated heterocycles. The molecule has 0 spiro atoms. The summed E-state index contributed by atoms with van der Waals surface area (Å²) in [5.74, 6) is -0.788. The van der Waals surface area contributed by atoms with Crippen molar-refractivity contribution >= 4 is 17.7 Å². The van der Waals surface area contributed by atoms with E-state index >= 15 is 0 Å². The Labute approximate surface area is 159 Å². The second kappa shape index (κ2) is 7.78. The van der Waals surface area contributed by atoms with E-state index in [0.717, 1.165) is 24.0 Å². The maximum absolute atomic E-state index is 12.7. The van der Waals surface area contributed by atoms with Crippen molar-refractivity contribution in [3.8, 4) is 0 Å². The van der Waals surface area contributed by atoms with Crippen LogP contribution in [0.5, 0.6) is 0 Å². The lowest BCUT2D eigenvalue weighted by atomic mass is 9.97. The number of carbonyl (C=O) groups excluding carboxylic acids is 3. The van der Waals surface area contributed by atoms with E-state index in [-0.39, 0.29) is 29.7 Å². The topological polar surface area (TPSA) is 105 Å². The number of nitrogens with two attached hydrogens (primary N) is 1. The third kappa shape index (κ3) is 4.36. The van der Waals surface area contributed by atoms with Gasteiger partial charge < -0.3 is 16.0 Å². The first-order valence-corrected chi connectivity index (χ1v) is 9.52. The highest BCUT2D eigenvalue weighted by atomic mass is 16.2. The van der Waals surface area contributed by atoms with Crippen LogP contribution in [0.2, 0.25) is 0 Å². The van der Waals surface area contributed by atoms with Crippen LogP contribution < -0.4 is 16.4 Å². The lowest BCUT2D eigenvalue weighted by Crippen LogP contribution is -2.52. The van der Waals surface area contributed by atoms with Gasteiger partial charge in [-0.25, -0.2) is 0 Å². The van der Waals surface area contributed by atoms with E-state index in [0.29, 0.717) is 31.6 Å². The van der Waals surface area contributed by atoms with E-state index in [1.165, 1.54) is 0 Å². The molecule has 7 heteroatoms. The van der Waals surface area contributed by atoms with Crippen LogP contribution in [0, 0.1) is 0 Å². The number of hydrogen-bond acceptors (Lipinski definition) is 5. The Morgan fingerprint density at radius 1 is 1.30 bits per heavy atom. The molecule has 2 aliphatic heterocycles. The quantitative estimate of drug-likeness (QED) is 0.621. The van der Waals surface area contributed by atoms with Gasteiger partial charge in [-0.1, -0.05) is 12.1 Å². The summed E-state index contributed by atoms with van der Waals surface area (Å²) in [4.78, 5) is 37.7. The fourth-order valence-corrected chi connectivity index (χ4v) is 3.71. The Kier molecular flexibility index (Phi) is 5.62. The molecule has 0 aliphatic carbocycles. The average molecular weight is 372 g/mol. The number of fused-ring (bicyclic) bond motifs is 1. The zero-order valence-corrected chi connectivity index (χ0v) is 16.0. The van der Waals surface area contributed by atoms with Crippen molar-refractivity contribution in [2.45, 2.75) is 64.2 Å². The van der Waals surface area contributed by atoms with E-state index in [1.54, 1.807) is 4.90 Å². The SMILES string of the molecule is CC(C)(CCCN)NCc1ccc2c(c1)CN(C1CCC(=O)NC1=O)C2=O. The molecule has 146 valence electrons. The molecular formula is C20H28N4O3. The molecule has 4 N–H and O–H groups in total. The van der Waals surface area contributed by atoms with E-state index < -0.39 is 6.04 Å². The largest absolute Gasteiger partial charge is 0.330 e. The van der Waals surface area contributed by atoms with Crippen molar-refractivity contribution in [3.05, 3.63) is 34.9 Å². The third-order valence-corrected chi connectivity index (χ3v) is 5.36. The van der Waals surface area contributed by atoms with E-state index in [9.17, 15) is 14.4 Å². The maximum atomic E-state index is 12.7. The summed E-state index contributed by atoms with van der Waals surface area (Å²) in [6.45, 7) is 6.11. The van der Waals surface area contributed by atoms with Crippen LogP contribution in [0.25, 0.3) is 0 Å². The van der Waals surface area contributed by atoms with Crippen molar-refractivity contribution in [1.29, 1.82) is 0 Å². The van der Waals surface area contributed by atoms with E-state index in [1.807, 2.05) is 18.2 Å². The summed E-state index contributed by atoms with van der Waals surface area (Å²) in [5, 5.41) is 5.87. The van der Waals surface area contributed by atoms with E-state index in [2.05, 4.69) is 24.5 Å². The second-order valence-electron chi connectivity index (χ2n) is 8.02. The van der Waals surface area contributed by atoms with Gasteiger partial charge in [0.05, 0.1) is 0 Å². The number of hydrogen-bond donors (Lipinski definition) is 3. The van der Waals surface area contributed by atoms with Gasteiger partial charge in [0.25, 0.3) is 5.91 Å². The standard InChI is InChI=1S/C20H28N4O3/c1-20(2,8-3-9-21)22-11-13-4-5-15-14(10-13)12-24(19(15)27)16-6-7-17(25)23-18(16)26/h4-5,10,16,22H,3,6-9,11-12,21H2,1-2H3,(H,23,25,26). The van der Waals surface area contributed by atoms with Gasteiger partial charge in [0.15, 0.2) is 0 Å². The van der Waals surface area contributed by atoms with Gasteiger partial charge >= 0.3 is 0 Å². The number of nitrogens with one attached hydrogen (secondary N) is 2. The Balaban J connectivity index is 1.67. The molecule has 27 heavy (non-hydrogen) atoms. The fraction of sp³-hybridized carbons (Fsp3) is 0.550. The molecule has 0 radical (unpaired) electrons. The number of nitrogens with zero attached hydrogens (tertiary/aromatic N) is 1. The summed E-state index contributed by atoms with van der Waals surface area (Å²) < 4.78 is 0. The Hall–Kier alpha value is -2.25. The maximum Gasteiger partial charge on any atom is 0.255 e. The van der Waals surface area contributed by atoms with Crippen molar-refractivity contribution in [3.63, 3.8) is 0 Å². The monoisotopic (exact) mass is 372 g/mol. The molecule has 3 amide bonds. The zero-order chi connectivity index (χ0) is 19.6. The fourth-order valence-electron chi connectivity index (χ4n) is 3.71. The molecule has 1 atom stereocenters. The predicted octanol–water partition coefficient (Wildman–Crippen LogP) is 1.05. The number of piperidine rings is 1. The third-order valence-electron chi connectivity index (χ3n) is 5.36. The minimum absolute atomic E-state index is 0.00698. The molecule has 2 aliphatic rings. The van der Waals surface area contributed by atoms with Gasteiger partial charge in [-0.3, -0.25) is 19.7 Å². The molecule has 7 nitrogen and oxygen atoms in total. The Morgan fingerprint density at radius 3 is 2.78 bits per heavy atom. The molecule has 0 aromatic heterocycles. The second-order valence-corrected chi connectivity index (χ2v) is 8.02. The summed E-state index contributed by atoms with van der Waals surface area (Å²) in [6.07, 6.45) is 2.62. The normalized spacial score (nSPS) is 20.0. The average Bonchev–Trinajstić information content (AvgIpc) is 2.94. The zero-order valence-electron chi connectivity index (χ0n) is 16.0. The van der Waals surface area contributed by atoms with Crippen LogP contribution in [0.15, 0.2) is 18.2 Å². The number of benzene rings is 1. The van der Waals surface area contributed by atoms with Crippen LogP contribution in [0.1, 0.15) is 61.0 Å². The predicted molar refractivity (Wildman–Crippen MR) is 102 cm³/mol. The molecule has 0 bridgehead atoms. The van der Waals surface area contributed by atoms with Crippen molar-refractivity contribution in [1.82, 2.24) is 15.5 Å². The van der Waals surface area contributed by atoms with E-state index in [4.69, 9.17) is 5.73 Å². The number of rotatable bonds is 7. The highest BCUT2D eigenvalue weighted by Crippen LogP contribution is 2.28. The van der Waals surface area contributed by atoms with Gasteiger partial charge in [-0.2, -0.15) is 0 Å². The molecule has 1 aromatic rings. The van der Waals surface area contributed by atoms with Gasteiger partial charge in [-0.15, -0.1) is 0 Å². The minimum Gasteiger partial charge on any atom is -0.330 e. The van der Waals surface area contributed by atoms with Crippen molar-refractivity contribution in [2.75, 3.05) is 6.54 Å². The summed E-state index contributed by atoms with van der Waals surface area (Å²) in [6, 6.07) is 5.26. The lowest BCUT2D eigenvalue weighted by Gasteiger charge is -2.29. The molecule has 1 fully saturated rings. The van der Waals surface area contributed by atoms with Crippen LogP contribution in [0.3, 0.4) is 0 Å². The van der Waals surface area contributed by atoms with Gasteiger partial charge in [0.1, 0.15) is 6.04 Å². The van der Waals surface area contributed by atoms with Crippen LogP contribution in [0.4, 0.5) is 0 Å². The van der Waals surface area contributed by atoms with Crippen molar-refractivity contribution < 1.29 is 14.4 Å². The lowest BCUT2D eigenvalue weighted by molar-refractivity contribution is -0.136. The highest BCUT2D eigenvalue weighted by Gasteiger charge is 2.39. The number of imide groups is 1. The van der Waals surface area contributed by atoms with Crippen LogP contribution >= 0.6 is 0 Å². The molecular weight excluding hydrogens is 344 g/mol. The summed E-state index contributed by atoms with van der Waals surface area (Å²) in [5.41, 5.74) is 8.27. The molecule has 2 heterocycles. The first-order chi connectivity index (χ1) is 12.8. The Bertz CT molecular complexity index is 760. The Morgan fingerprint density at radius 2 is 2.07 bits per heavy atom. The molecule has 3 rings (SSSR count). The van der Waals surface area contributed by atoms with Crippen LogP contribution in [-0.4, -0.2) is 40.7 Å². The highest BCUT2D eigenvalue weighted by molar-refractivity contribution is 6.05. The van der Waals surface area contributed by atoms with Gasteiger partial charge in [0.2, 0.25) is 11.8 Å². The minimum atomic E-state index is -0.570. The number of amides is 3. The number of carbonyl (C=O) groups is 3. The van der Waals surface area contributed by atoms with Crippen LogP contribution in [-0.2, 0) is 22.7 Å². The van der Waals surface area contributed by atoms with Gasteiger partial charge in [-0.05, 0) is 56.8 Å².